The number of fused-ring (bicyclic) bond motifs is 1. The van der Waals surface area contributed by atoms with Gasteiger partial charge in [-0.2, -0.15) is 13.2 Å². The molecule has 0 amide bonds. The van der Waals surface area contributed by atoms with Crippen molar-refractivity contribution in [2.75, 3.05) is 25.5 Å². The highest BCUT2D eigenvalue weighted by atomic mass is 19.4. The van der Waals surface area contributed by atoms with Crippen molar-refractivity contribution >= 4 is 17.0 Å². The Morgan fingerprint density at radius 3 is 2.50 bits per heavy atom. The van der Waals surface area contributed by atoms with E-state index in [1.807, 2.05) is 7.05 Å². The number of rotatable bonds is 3. The zero-order valence-corrected chi connectivity index (χ0v) is 16.7. The maximum atomic E-state index is 14.7. The molecule has 2 N–H and O–H groups in total. The first-order valence-corrected chi connectivity index (χ1v) is 9.44. The van der Waals surface area contributed by atoms with E-state index in [2.05, 4.69) is 20.2 Å². The lowest BCUT2D eigenvalue weighted by Gasteiger charge is -2.14. The topological polar surface area (TPSA) is 66.2 Å². The number of hydrogen-bond donors (Lipinski definition) is 2. The number of pyridine rings is 1. The Morgan fingerprint density at radius 1 is 1.17 bits per heavy atom. The predicted octanol–water partition coefficient (Wildman–Crippen LogP) is 3.92. The number of likely N-dealkylation sites (N-methyl/N-ethyl adjacent to an activating group) is 1. The summed E-state index contributed by atoms with van der Waals surface area (Å²) in [4.78, 5) is 10.8. The molecular formula is C20H21F4N5O. The number of phenolic OH excluding ortho intramolecular Hbond substituents is 1. The summed E-state index contributed by atoms with van der Waals surface area (Å²) in [7, 11) is 3.58. The van der Waals surface area contributed by atoms with Crippen LogP contribution in [0.1, 0.15) is 17.5 Å². The van der Waals surface area contributed by atoms with Crippen LogP contribution in [-0.4, -0.2) is 50.7 Å². The van der Waals surface area contributed by atoms with Crippen LogP contribution in [-0.2, 0) is 13.2 Å². The average Bonchev–Trinajstić information content (AvgIpc) is 3.18. The fourth-order valence-electron chi connectivity index (χ4n) is 3.88. The molecule has 6 nitrogen and oxygen atoms in total. The van der Waals surface area contributed by atoms with E-state index in [1.165, 1.54) is 17.6 Å². The van der Waals surface area contributed by atoms with E-state index in [-0.39, 0.29) is 34.5 Å². The van der Waals surface area contributed by atoms with Gasteiger partial charge in [0.25, 0.3) is 0 Å². The van der Waals surface area contributed by atoms with Crippen LogP contribution in [0.15, 0.2) is 18.2 Å². The van der Waals surface area contributed by atoms with Crippen LogP contribution in [0.5, 0.6) is 5.75 Å². The van der Waals surface area contributed by atoms with Gasteiger partial charge in [0.15, 0.2) is 17.3 Å². The molecule has 30 heavy (non-hydrogen) atoms. The molecule has 1 aliphatic heterocycles. The van der Waals surface area contributed by atoms with E-state index in [0.29, 0.717) is 11.6 Å². The minimum atomic E-state index is -4.58. The average molecular weight is 423 g/mol. The molecule has 10 heteroatoms. The van der Waals surface area contributed by atoms with E-state index >= 15 is 0 Å². The van der Waals surface area contributed by atoms with Gasteiger partial charge in [0.1, 0.15) is 11.6 Å². The molecule has 1 fully saturated rings. The number of aromatic hydroxyl groups is 1. The number of aryl methyl sites for hydroxylation is 2. The molecule has 0 spiro atoms. The van der Waals surface area contributed by atoms with Crippen molar-refractivity contribution in [3.8, 4) is 17.1 Å². The molecule has 160 valence electrons. The molecule has 0 saturated carbocycles. The first-order chi connectivity index (χ1) is 14.0. The van der Waals surface area contributed by atoms with Crippen LogP contribution in [0.3, 0.4) is 0 Å². The van der Waals surface area contributed by atoms with E-state index in [9.17, 15) is 22.7 Å². The molecule has 1 saturated heterocycles. The van der Waals surface area contributed by atoms with Crippen LogP contribution in [0, 0.1) is 12.7 Å². The summed E-state index contributed by atoms with van der Waals surface area (Å²) >= 11 is 0. The van der Waals surface area contributed by atoms with Gasteiger partial charge in [0, 0.05) is 25.7 Å². The van der Waals surface area contributed by atoms with Crippen molar-refractivity contribution in [1.29, 1.82) is 0 Å². The molecule has 1 aromatic carbocycles. The van der Waals surface area contributed by atoms with Gasteiger partial charge in [0.05, 0.1) is 16.6 Å². The van der Waals surface area contributed by atoms with Crippen molar-refractivity contribution in [3.63, 3.8) is 0 Å². The molecule has 1 aliphatic rings. The molecule has 0 bridgehead atoms. The number of nitrogens with one attached hydrogen (secondary N) is 1. The number of anilines is 1. The molecule has 0 radical (unpaired) electrons. The van der Waals surface area contributed by atoms with E-state index in [1.54, 1.807) is 7.05 Å². The summed E-state index contributed by atoms with van der Waals surface area (Å²) in [5.41, 5.74) is 0.0123. The molecule has 2 aromatic heterocycles. The lowest BCUT2D eigenvalue weighted by molar-refractivity contribution is -0.137. The quantitative estimate of drug-likeness (QED) is 0.625. The van der Waals surface area contributed by atoms with Crippen LogP contribution < -0.4 is 5.32 Å². The second kappa shape index (κ2) is 7.12. The summed E-state index contributed by atoms with van der Waals surface area (Å²) in [5.74, 6) is -0.798. The number of aromatic nitrogens is 3. The van der Waals surface area contributed by atoms with Crippen molar-refractivity contribution in [1.82, 2.24) is 19.4 Å². The van der Waals surface area contributed by atoms with Gasteiger partial charge < -0.3 is 19.9 Å². The minimum absolute atomic E-state index is 0.0684. The number of hydrogen-bond acceptors (Lipinski definition) is 5. The number of phenols is 1. The Hall–Kier alpha value is -2.88. The van der Waals surface area contributed by atoms with Gasteiger partial charge in [-0.15, -0.1) is 0 Å². The molecular weight excluding hydrogens is 402 g/mol. The standard InChI is InChI=1S/C20H21F4N5O/c1-10-6-11(20(22,23)24)7-15(30)16(10)19-27-18-14(29(19)3)8-13(21)17(26-18)25-12-4-5-28(2)9-12/h6-8,12,30H,4-5,9H2,1-3H3,(H,25,26). The highest BCUT2D eigenvalue weighted by Gasteiger charge is 2.32. The van der Waals surface area contributed by atoms with Crippen molar-refractivity contribution in [2.24, 2.45) is 7.05 Å². The van der Waals surface area contributed by atoms with Crippen molar-refractivity contribution < 1.29 is 22.7 Å². The van der Waals surface area contributed by atoms with Crippen LogP contribution in [0.2, 0.25) is 0 Å². The highest BCUT2D eigenvalue weighted by molar-refractivity contribution is 5.81. The second-order valence-corrected chi connectivity index (χ2v) is 7.73. The molecule has 0 aliphatic carbocycles. The maximum absolute atomic E-state index is 14.7. The Bertz CT molecular complexity index is 1100. The first-order valence-electron chi connectivity index (χ1n) is 9.44. The van der Waals surface area contributed by atoms with Gasteiger partial charge in [-0.05, 0) is 44.6 Å². The lowest BCUT2D eigenvalue weighted by Crippen LogP contribution is -2.24. The van der Waals surface area contributed by atoms with Crippen molar-refractivity contribution in [2.45, 2.75) is 25.6 Å². The van der Waals surface area contributed by atoms with E-state index in [4.69, 9.17) is 0 Å². The molecule has 1 atom stereocenters. The minimum Gasteiger partial charge on any atom is -0.507 e. The number of imidazole rings is 1. The molecule has 4 rings (SSSR count). The third-order valence-electron chi connectivity index (χ3n) is 5.43. The van der Waals surface area contributed by atoms with E-state index < -0.39 is 23.3 Å². The fourth-order valence-corrected chi connectivity index (χ4v) is 3.88. The van der Waals surface area contributed by atoms with Gasteiger partial charge >= 0.3 is 6.18 Å². The number of nitrogens with zero attached hydrogens (tertiary/aromatic N) is 4. The first kappa shape index (κ1) is 20.4. The summed E-state index contributed by atoms with van der Waals surface area (Å²) in [6, 6.07) is 2.97. The zero-order valence-electron chi connectivity index (χ0n) is 16.7. The molecule has 3 aromatic rings. The largest absolute Gasteiger partial charge is 0.507 e. The SMILES string of the molecule is Cc1cc(C(F)(F)F)cc(O)c1-c1nc2nc(NC3CCN(C)C3)c(F)cc2n1C. The van der Waals surface area contributed by atoms with Gasteiger partial charge in [-0.25, -0.2) is 14.4 Å². The Labute approximate surface area is 170 Å². The summed E-state index contributed by atoms with van der Waals surface area (Å²) in [6.45, 7) is 3.13. The molecule has 1 unspecified atom stereocenters. The Balaban J connectivity index is 1.77. The third-order valence-corrected chi connectivity index (χ3v) is 5.43. The number of alkyl halides is 3. The predicted molar refractivity (Wildman–Crippen MR) is 105 cm³/mol. The van der Waals surface area contributed by atoms with Gasteiger partial charge in [0.2, 0.25) is 0 Å². The van der Waals surface area contributed by atoms with Crippen LogP contribution in [0.25, 0.3) is 22.6 Å². The lowest BCUT2D eigenvalue weighted by atomic mass is 10.0. The summed E-state index contributed by atoms with van der Waals surface area (Å²) < 4.78 is 55.2. The van der Waals surface area contributed by atoms with Crippen LogP contribution >= 0.6 is 0 Å². The Kier molecular flexibility index (Phi) is 4.84. The third kappa shape index (κ3) is 3.55. The maximum Gasteiger partial charge on any atom is 0.416 e. The Morgan fingerprint density at radius 2 is 1.90 bits per heavy atom. The second-order valence-electron chi connectivity index (χ2n) is 7.73. The normalized spacial score (nSPS) is 17.8. The molecule has 3 heterocycles. The monoisotopic (exact) mass is 423 g/mol. The smallest absolute Gasteiger partial charge is 0.416 e. The number of benzene rings is 1. The fraction of sp³-hybridized carbons (Fsp3) is 0.400. The van der Waals surface area contributed by atoms with Gasteiger partial charge in [-0.1, -0.05) is 0 Å². The highest BCUT2D eigenvalue weighted by Crippen LogP contribution is 2.39. The number of likely N-dealkylation sites (tertiary alicyclic amines) is 1. The number of halogens is 4. The van der Waals surface area contributed by atoms with Crippen molar-refractivity contribution in [3.05, 3.63) is 35.1 Å². The summed E-state index contributed by atoms with van der Waals surface area (Å²) in [5, 5.41) is 13.4. The summed E-state index contributed by atoms with van der Waals surface area (Å²) in [6.07, 6.45) is -3.71. The van der Waals surface area contributed by atoms with Crippen LogP contribution in [0.4, 0.5) is 23.4 Å². The van der Waals surface area contributed by atoms with E-state index in [0.717, 1.165) is 25.6 Å². The zero-order chi connectivity index (χ0) is 21.8. The van der Waals surface area contributed by atoms with Gasteiger partial charge in [-0.3, -0.25) is 0 Å².